The zero-order valence-electron chi connectivity index (χ0n) is 12.7. The molecule has 2 aliphatic rings. The standard InChI is InChI=1S/C15H26N2O3/c1-10(9-11-5-6-11)16-14(20)17-8-4-7-15(2,3)12(17)13(18)19/h10-12H,4-9H2,1-3H3,(H,16,20)(H,18,19). The summed E-state index contributed by atoms with van der Waals surface area (Å²) < 4.78 is 0. The number of carbonyl (C=O) groups excluding carboxylic acids is 1. The lowest BCUT2D eigenvalue weighted by atomic mass is 9.76. The number of amides is 2. The predicted molar refractivity (Wildman–Crippen MR) is 76.5 cm³/mol. The van der Waals surface area contributed by atoms with Crippen molar-refractivity contribution in [2.45, 2.75) is 65.0 Å². The Morgan fingerprint density at radius 1 is 1.40 bits per heavy atom. The molecule has 0 aromatic carbocycles. The molecule has 0 aromatic heterocycles. The van der Waals surface area contributed by atoms with Crippen molar-refractivity contribution in [1.29, 1.82) is 0 Å². The highest BCUT2D eigenvalue weighted by atomic mass is 16.4. The summed E-state index contributed by atoms with van der Waals surface area (Å²) >= 11 is 0. The molecule has 1 saturated carbocycles. The van der Waals surface area contributed by atoms with Crippen molar-refractivity contribution < 1.29 is 14.7 Å². The van der Waals surface area contributed by atoms with Crippen LogP contribution in [-0.4, -0.2) is 40.6 Å². The number of carboxylic acids is 1. The van der Waals surface area contributed by atoms with E-state index < -0.39 is 12.0 Å². The molecule has 0 radical (unpaired) electrons. The Labute approximate surface area is 120 Å². The number of piperidine rings is 1. The summed E-state index contributed by atoms with van der Waals surface area (Å²) in [6.07, 6.45) is 5.22. The van der Waals surface area contributed by atoms with Crippen LogP contribution < -0.4 is 5.32 Å². The zero-order valence-corrected chi connectivity index (χ0v) is 12.7. The Kier molecular flexibility index (Phi) is 4.25. The van der Waals surface area contributed by atoms with Crippen molar-refractivity contribution >= 4 is 12.0 Å². The van der Waals surface area contributed by atoms with Crippen LogP contribution in [0.15, 0.2) is 0 Å². The third-order valence-electron chi connectivity index (χ3n) is 4.52. The zero-order chi connectivity index (χ0) is 14.9. The van der Waals surface area contributed by atoms with Crippen LogP contribution in [0, 0.1) is 11.3 Å². The summed E-state index contributed by atoms with van der Waals surface area (Å²) in [5.41, 5.74) is -0.374. The number of hydrogen-bond donors (Lipinski definition) is 2. The average molecular weight is 282 g/mol. The molecule has 2 unspecified atom stereocenters. The van der Waals surface area contributed by atoms with Crippen LogP contribution >= 0.6 is 0 Å². The molecule has 2 N–H and O–H groups in total. The number of aliphatic carboxylic acids is 1. The maximum absolute atomic E-state index is 12.4. The second-order valence-electron chi connectivity index (χ2n) is 7.06. The van der Waals surface area contributed by atoms with Gasteiger partial charge in [0.2, 0.25) is 0 Å². The SMILES string of the molecule is CC(CC1CC1)NC(=O)N1CCCC(C)(C)C1C(=O)O. The number of nitrogens with zero attached hydrogens (tertiary/aromatic N) is 1. The van der Waals surface area contributed by atoms with E-state index in [1.54, 1.807) is 0 Å². The Morgan fingerprint density at radius 2 is 2.05 bits per heavy atom. The van der Waals surface area contributed by atoms with Gasteiger partial charge in [0.15, 0.2) is 0 Å². The third kappa shape index (κ3) is 3.44. The first-order valence-electron chi connectivity index (χ1n) is 7.61. The Hall–Kier alpha value is -1.26. The van der Waals surface area contributed by atoms with Crippen LogP contribution in [0.5, 0.6) is 0 Å². The first kappa shape index (κ1) is 15.1. The number of carbonyl (C=O) groups is 2. The van der Waals surface area contributed by atoms with Gasteiger partial charge in [-0.2, -0.15) is 0 Å². The van der Waals surface area contributed by atoms with E-state index in [9.17, 15) is 14.7 Å². The topological polar surface area (TPSA) is 69.6 Å². The molecule has 0 spiro atoms. The van der Waals surface area contributed by atoms with E-state index in [1.807, 2.05) is 20.8 Å². The minimum absolute atomic E-state index is 0.120. The fraction of sp³-hybridized carbons (Fsp3) is 0.867. The number of nitrogens with one attached hydrogen (secondary N) is 1. The lowest BCUT2D eigenvalue weighted by molar-refractivity contribution is -0.148. The van der Waals surface area contributed by atoms with Crippen LogP contribution in [0.1, 0.15) is 52.9 Å². The summed E-state index contributed by atoms with van der Waals surface area (Å²) in [6, 6.07) is -0.836. The van der Waals surface area contributed by atoms with Crippen LogP contribution in [-0.2, 0) is 4.79 Å². The Balaban J connectivity index is 2.00. The van der Waals surface area contributed by atoms with E-state index in [0.717, 1.165) is 25.2 Å². The second kappa shape index (κ2) is 5.62. The first-order chi connectivity index (χ1) is 9.31. The van der Waals surface area contributed by atoms with Crippen LogP contribution in [0.3, 0.4) is 0 Å². The molecule has 1 aliphatic carbocycles. The maximum atomic E-state index is 12.4. The van der Waals surface area contributed by atoms with E-state index >= 15 is 0 Å². The van der Waals surface area contributed by atoms with E-state index in [-0.39, 0.29) is 17.5 Å². The molecule has 20 heavy (non-hydrogen) atoms. The number of likely N-dealkylation sites (tertiary alicyclic amines) is 1. The largest absolute Gasteiger partial charge is 0.480 e. The summed E-state index contributed by atoms with van der Waals surface area (Å²) in [6.45, 7) is 6.39. The lowest BCUT2D eigenvalue weighted by Gasteiger charge is -2.44. The van der Waals surface area contributed by atoms with Crippen LogP contribution in [0.25, 0.3) is 0 Å². The molecule has 2 fully saturated rings. The fourth-order valence-corrected chi connectivity index (χ4v) is 3.29. The Morgan fingerprint density at radius 3 is 2.60 bits per heavy atom. The monoisotopic (exact) mass is 282 g/mol. The highest BCUT2D eigenvalue weighted by Crippen LogP contribution is 2.36. The summed E-state index contributed by atoms with van der Waals surface area (Å²) in [4.78, 5) is 25.4. The maximum Gasteiger partial charge on any atom is 0.327 e. The van der Waals surface area contributed by atoms with Crippen molar-refractivity contribution in [3.05, 3.63) is 0 Å². The summed E-state index contributed by atoms with van der Waals surface area (Å²) in [5.74, 6) is -0.155. The van der Waals surface area contributed by atoms with Gasteiger partial charge in [-0.3, -0.25) is 0 Å². The summed E-state index contributed by atoms with van der Waals surface area (Å²) in [5, 5.41) is 12.4. The molecule has 2 amide bonds. The van der Waals surface area contributed by atoms with Crippen LogP contribution in [0.2, 0.25) is 0 Å². The first-order valence-corrected chi connectivity index (χ1v) is 7.61. The molecule has 114 valence electrons. The number of urea groups is 1. The van der Waals surface area contributed by atoms with E-state index in [2.05, 4.69) is 5.32 Å². The van der Waals surface area contributed by atoms with E-state index in [1.165, 1.54) is 17.7 Å². The molecule has 1 heterocycles. The minimum Gasteiger partial charge on any atom is -0.480 e. The van der Waals surface area contributed by atoms with Crippen molar-refractivity contribution in [2.24, 2.45) is 11.3 Å². The van der Waals surface area contributed by atoms with Gasteiger partial charge in [-0.15, -0.1) is 0 Å². The quantitative estimate of drug-likeness (QED) is 0.832. The highest BCUT2D eigenvalue weighted by Gasteiger charge is 2.44. The van der Waals surface area contributed by atoms with Crippen LogP contribution in [0.4, 0.5) is 4.79 Å². The van der Waals surface area contributed by atoms with Crippen molar-refractivity contribution in [3.63, 3.8) is 0 Å². The second-order valence-corrected chi connectivity index (χ2v) is 7.06. The number of rotatable bonds is 4. The molecule has 1 saturated heterocycles. The molecule has 1 aliphatic heterocycles. The predicted octanol–water partition coefficient (Wildman–Crippen LogP) is 2.46. The van der Waals surface area contributed by atoms with Gasteiger partial charge < -0.3 is 15.3 Å². The van der Waals surface area contributed by atoms with Gasteiger partial charge in [0.05, 0.1) is 0 Å². The van der Waals surface area contributed by atoms with Gasteiger partial charge in [-0.1, -0.05) is 26.7 Å². The molecular formula is C15H26N2O3. The highest BCUT2D eigenvalue weighted by molar-refractivity contribution is 5.83. The van der Waals surface area contributed by atoms with Crippen molar-refractivity contribution in [3.8, 4) is 0 Å². The van der Waals surface area contributed by atoms with Gasteiger partial charge in [-0.05, 0) is 37.5 Å². The van der Waals surface area contributed by atoms with Crippen molar-refractivity contribution in [2.75, 3.05) is 6.54 Å². The minimum atomic E-state index is -0.903. The average Bonchev–Trinajstić information content (AvgIpc) is 3.10. The molecule has 5 heteroatoms. The molecule has 5 nitrogen and oxygen atoms in total. The fourth-order valence-electron chi connectivity index (χ4n) is 3.29. The molecule has 0 aromatic rings. The van der Waals surface area contributed by atoms with Gasteiger partial charge >= 0.3 is 12.0 Å². The smallest absolute Gasteiger partial charge is 0.327 e. The van der Waals surface area contributed by atoms with Gasteiger partial charge in [0.25, 0.3) is 0 Å². The number of hydrogen-bond acceptors (Lipinski definition) is 2. The molecule has 2 atom stereocenters. The van der Waals surface area contributed by atoms with Gasteiger partial charge in [0, 0.05) is 12.6 Å². The van der Waals surface area contributed by atoms with E-state index in [4.69, 9.17) is 0 Å². The third-order valence-corrected chi connectivity index (χ3v) is 4.52. The number of carboxylic acid groups (broad SMARTS) is 1. The molecule has 0 bridgehead atoms. The lowest BCUT2D eigenvalue weighted by Crippen LogP contribution is -2.59. The normalized spacial score (nSPS) is 26.9. The van der Waals surface area contributed by atoms with Crippen molar-refractivity contribution in [1.82, 2.24) is 10.2 Å². The summed E-state index contributed by atoms with van der Waals surface area (Å²) in [7, 11) is 0. The Bertz CT molecular complexity index is 391. The molecular weight excluding hydrogens is 256 g/mol. The van der Waals surface area contributed by atoms with E-state index in [0.29, 0.717) is 6.54 Å². The van der Waals surface area contributed by atoms with Gasteiger partial charge in [-0.25, -0.2) is 9.59 Å². The van der Waals surface area contributed by atoms with Gasteiger partial charge in [0.1, 0.15) is 6.04 Å². The molecule has 2 rings (SSSR count).